The number of anilines is 1. The maximum Gasteiger partial charge on any atom is 0.263 e. The number of hydrogen-bond acceptors (Lipinski definition) is 6. The van der Waals surface area contributed by atoms with Crippen molar-refractivity contribution in [1.29, 1.82) is 0 Å². The Bertz CT molecular complexity index is 1550. The van der Waals surface area contributed by atoms with Crippen LogP contribution >= 0.6 is 15.9 Å². The van der Waals surface area contributed by atoms with Crippen molar-refractivity contribution in [2.45, 2.75) is 18.7 Å². The zero-order chi connectivity index (χ0) is 23.9. The maximum absolute atomic E-state index is 14.3. The lowest BCUT2D eigenvalue weighted by Crippen LogP contribution is -2.19. The Hall–Kier alpha value is -3.31. The van der Waals surface area contributed by atoms with Crippen LogP contribution in [0.25, 0.3) is 16.6 Å². The number of halogens is 2. The molecule has 0 radical (unpaired) electrons. The Morgan fingerprint density at radius 2 is 1.82 bits per heavy atom. The first kappa shape index (κ1) is 22.9. The van der Waals surface area contributed by atoms with Gasteiger partial charge in [0.15, 0.2) is 0 Å². The highest BCUT2D eigenvalue weighted by Crippen LogP contribution is 2.31. The highest BCUT2D eigenvalue weighted by atomic mass is 79.9. The van der Waals surface area contributed by atoms with Crippen LogP contribution in [0.2, 0.25) is 0 Å². The van der Waals surface area contributed by atoms with Crippen molar-refractivity contribution < 1.29 is 17.5 Å². The molecule has 0 saturated carbocycles. The van der Waals surface area contributed by atoms with E-state index >= 15 is 0 Å². The maximum atomic E-state index is 14.3. The SMILES string of the molecule is COc1cc(Br)c(F)cc1-n1c(=O)ccc2cc(S(=O)(=O)Nc3cc(C)nc(C)n3)ccc21. The largest absolute Gasteiger partial charge is 0.495 e. The first-order chi connectivity index (χ1) is 15.6. The molecule has 0 aliphatic rings. The van der Waals surface area contributed by atoms with E-state index in [0.717, 1.165) is 0 Å². The van der Waals surface area contributed by atoms with Crippen molar-refractivity contribution >= 4 is 42.7 Å². The van der Waals surface area contributed by atoms with E-state index in [9.17, 15) is 17.6 Å². The summed E-state index contributed by atoms with van der Waals surface area (Å²) in [6.45, 7) is 3.40. The smallest absolute Gasteiger partial charge is 0.263 e. The molecule has 170 valence electrons. The standard InChI is InChI=1S/C22H18BrFN4O4S/c1-12-8-21(26-13(2)25-12)27-33(30,31)15-5-6-18-14(9-15)4-7-22(29)28(18)19-11-17(24)16(23)10-20(19)32-3/h4-11H,1-3H3,(H,25,26,27). The van der Waals surface area contributed by atoms with Crippen LogP contribution in [0.3, 0.4) is 0 Å². The Morgan fingerprint density at radius 1 is 1.06 bits per heavy atom. The normalized spacial score (nSPS) is 11.5. The number of fused-ring (bicyclic) bond motifs is 1. The summed E-state index contributed by atoms with van der Waals surface area (Å²) in [4.78, 5) is 20.9. The summed E-state index contributed by atoms with van der Waals surface area (Å²) < 4.78 is 49.4. The minimum Gasteiger partial charge on any atom is -0.495 e. The van der Waals surface area contributed by atoms with E-state index in [0.29, 0.717) is 22.4 Å². The highest BCUT2D eigenvalue weighted by molar-refractivity contribution is 9.10. The summed E-state index contributed by atoms with van der Waals surface area (Å²) in [5, 5.41) is 0.456. The number of hydrogen-bond donors (Lipinski definition) is 1. The molecule has 2 heterocycles. The summed E-state index contributed by atoms with van der Waals surface area (Å²) in [5.41, 5.74) is 0.770. The molecule has 11 heteroatoms. The molecule has 2 aromatic heterocycles. The van der Waals surface area contributed by atoms with Gasteiger partial charge < -0.3 is 4.74 Å². The molecule has 0 aliphatic carbocycles. The van der Waals surface area contributed by atoms with Crippen LogP contribution < -0.4 is 15.0 Å². The fourth-order valence-electron chi connectivity index (χ4n) is 3.46. The summed E-state index contributed by atoms with van der Waals surface area (Å²) in [6.07, 6.45) is 0. The molecule has 0 unspecified atom stereocenters. The Morgan fingerprint density at radius 3 is 2.52 bits per heavy atom. The second kappa shape index (κ2) is 8.56. The van der Waals surface area contributed by atoms with Gasteiger partial charge in [-0.1, -0.05) is 0 Å². The van der Waals surface area contributed by atoms with Gasteiger partial charge in [-0.05, 0) is 60.1 Å². The van der Waals surface area contributed by atoms with Gasteiger partial charge in [0, 0.05) is 29.3 Å². The third-order valence-corrected chi connectivity index (χ3v) is 6.80. The molecule has 0 bridgehead atoms. The van der Waals surface area contributed by atoms with Gasteiger partial charge >= 0.3 is 0 Å². The molecule has 0 spiro atoms. The van der Waals surface area contributed by atoms with Crippen LogP contribution in [0, 0.1) is 19.7 Å². The third kappa shape index (κ3) is 4.46. The summed E-state index contributed by atoms with van der Waals surface area (Å²) in [5.74, 6) is 0.283. The van der Waals surface area contributed by atoms with Crippen LogP contribution in [0.1, 0.15) is 11.5 Å². The monoisotopic (exact) mass is 532 g/mol. The lowest BCUT2D eigenvalue weighted by atomic mass is 10.2. The van der Waals surface area contributed by atoms with Crippen molar-refractivity contribution in [3.05, 3.63) is 80.7 Å². The number of methoxy groups -OCH3 is 1. The lowest BCUT2D eigenvalue weighted by molar-refractivity contribution is 0.411. The Kier molecular flexibility index (Phi) is 5.93. The molecule has 0 atom stereocenters. The van der Waals surface area contributed by atoms with Crippen molar-refractivity contribution in [1.82, 2.24) is 14.5 Å². The van der Waals surface area contributed by atoms with Crippen LogP contribution in [-0.2, 0) is 10.0 Å². The second-order valence-electron chi connectivity index (χ2n) is 7.21. The number of sulfonamides is 1. The van der Waals surface area contributed by atoms with Crippen molar-refractivity contribution in [2.24, 2.45) is 0 Å². The molecule has 0 amide bonds. The summed E-state index contributed by atoms with van der Waals surface area (Å²) in [6, 6.07) is 11.2. The van der Waals surface area contributed by atoms with E-state index in [1.165, 1.54) is 60.2 Å². The van der Waals surface area contributed by atoms with Crippen molar-refractivity contribution in [3.8, 4) is 11.4 Å². The first-order valence-electron chi connectivity index (χ1n) is 9.63. The zero-order valence-electron chi connectivity index (χ0n) is 17.8. The van der Waals surface area contributed by atoms with Gasteiger partial charge in [0.25, 0.3) is 15.6 Å². The summed E-state index contributed by atoms with van der Waals surface area (Å²) in [7, 11) is -2.56. The van der Waals surface area contributed by atoms with Gasteiger partial charge in [-0.25, -0.2) is 22.8 Å². The van der Waals surface area contributed by atoms with E-state index in [1.54, 1.807) is 13.8 Å². The van der Waals surface area contributed by atoms with Gasteiger partial charge in [-0.2, -0.15) is 0 Å². The predicted octanol–water partition coefficient (Wildman–Crippen LogP) is 4.11. The molecule has 0 saturated heterocycles. The molecule has 8 nitrogen and oxygen atoms in total. The molecular weight excluding hydrogens is 515 g/mol. The molecule has 0 aliphatic heterocycles. The molecule has 1 N–H and O–H groups in total. The Balaban J connectivity index is 1.85. The van der Waals surface area contributed by atoms with Gasteiger partial charge in [0.05, 0.1) is 27.7 Å². The van der Waals surface area contributed by atoms with E-state index in [2.05, 4.69) is 30.6 Å². The number of rotatable bonds is 5. The van der Waals surface area contributed by atoms with Crippen LogP contribution in [0.5, 0.6) is 5.75 Å². The zero-order valence-corrected chi connectivity index (χ0v) is 20.2. The molecule has 33 heavy (non-hydrogen) atoms. The van der Waals surface area contributed by atoms with Crippen molar-refractivity contribution in [2.75, 3.05) is 11.8 Å². The van der Waals surface area contributed by atoms with E-state index in [1.807, 2.05) is 0 Å². The average molecular weight is 533 g/mol. The van der Waals surface area contributed by atoms with E-state index < -0.39 is 21.4 Å². The number of pyridine rings is 1. The number of nitrogens with one attached hydrogen (secondary N) is 1. The topological polar surface area (TPSA) is 103 Å². The number of nitrogens with zero attached hydrogens (tertiary/aromatic N) is 3. The summed E-state index contributed by atoms with van der Waals surface area (Å²) >= 11 is 3.10. The first-order valence-corrected chi connectivity index (χ1v) is 11.9. The molecular formula is C22H18BrFN4O4S. The number of aromatic nitrogens is 3. The minimum absolute atomic E-state index is 0.0249. The number of aryl methyl sites for hydroxylation is 2. The third-order valence-electron chi connectivity index (χ3n) is 4.84. The lowest BCUT2D eigenvalue weighted by Gasteiger charge is -2.15. The fourth-order valence-corrected chi connectivity index (χ4v) is 4.81. The van der Waals surface area contributed by atoms with Crippen molar-refractivity contribution in [3.63, 3.8) is 0 Å². The van der Waals surface area contributed by atoms with Crippen LogP contribution in [-0.4, -0.2) is 30.1 Å². The van der Waals surface area contributed by atoms with E-state index in [-0.39, 0.29) is 26.6 Å². The molecule has 4 rings (SSSR count). The van der Waals surface area contributed by atoms with Gasteiger partial charge in [0.2, 0.25) is 0 Å². The minimum atomic E-state index is -3.97. The van der Waals surface area contributed by atoms with Gasteiger partial charge in [-0.3, -0.25) is 14.1 Å². The van der Waals surface area contributed by atoms with Crippen LogP contribution in [0.15, 0.2) is 62.7 Å². The predicted molar refractivity (Wildman–Crippen MR) is 126 cm³/mol. The second-order valence-corrected chi connectivity index (χ2v) is 9.75. The number of ether oxygens (including phenoxy) is 1. The van der Waals surface area contributed by atoms with Gasteiger partial charge in [0.1, 0.15) is 23.2 Å². The van der Waals surface area contributed by atoms with Crippen LogP contribution in [0.4, 0.5) is 10.2 Å². The van der Waals surface area contributed by atoms with E-state index in [4.69, 9.17) is 4.74 Å². The average Bonchev–Trinajstić information content (AvgIpc) is 2.74. The fraction of sp³-hybridized carbons (Fsp3) is 0.136. The quantitative estimate of drug-likeness (QED) is 0.414. The molecule has 2 aromatic carbocycles. The Labute approximate surface area is 197 Å². The molecule has 0 fully saturated rings. The molecule has 4 aromatic rings. The highest BCUT2D eigenvalue weighted by Gasteiger charge is 2.19. The number of benzene rings is 2. The van der Waals surface area contributed by atoms with Gasteiger partial charge in [-0.15, -0.1) is 0 Å².